The third-order valence-electron chi connectivity index (χ3n) is 3.96. The number of rotatable bonds is 3. The number of nitrogens with one attached hydrogen (secondary N) is 2. The van der Waals surface area contributed by atoms with Gasteiger partial charge in [-0.25, -0.2) is 0 Å². The van der Waals surface area contributed by atoms with E-state index in [1.165, 1.54) is 18.5 Å². The molecule has 1 unspecified atom stereocenters. The molecule has 2 fully saturated rings. The maximum Gasteiger partial charge on any atom is 0.241 e. The lowest BCUT2D eigenvalue weighted by atomic mass is 10.2. The predicted molar refractivity (Wildman–Crippen MR) is 84.8 cm³/mol. The van der Waals surface area contributed by atoms with E-state index in [1.807, 2.05) is 12.1 Å². The van der Waals surface area contributed by atoms with Gasteiger partial charge in [-0.05, 0) is 50.4 Å². The van der Waals surface area contributed by atoms with Crippen LogP contribution in [0.25, 0.3) is 0 Å². The van der Waals surface area contributed by atoms with Crippen LogP contribution in [0, 0.1) is 0 Å². The fraction of sp³-hybridized carbons (Fsp3) is 0.533. The van der Waals surface area contributed by atoms with Crippen molar-refractivity contribution in [3.63, 3.8) is 0 Å². The average molecular weight is 296 g/mol. The lowest BCUT2D eigenvalue weighted by Gasteiger charge is -2.19. The van der Waals surface area contributed by atoms with Gasteiger partial charge in [0.1, 0.15) is 0 Å². The third-order valence-corrected chi connectivity index (χ3v) is 3.96. The second kappa shape index (κ2) is 6.95. The molecule has 0 saturated carbocycles. The first-order chi connectivity index (χ1) is 9.33. The van der Waals surface area contributed by atoms with Crippen LogP contribution in [-0.4, -0.2) is 31.6 Å². The van der Waals surface area contributed by atoms with Crippen LogP contribution in [0.4, 0.5) is 11.4 Å². The number of carbonyl (C=O) groups is 1. The van der Waals surface area contributed by atoms with E-state index < -0.39 is 0 Å². The van der Waals surface area contributed by atoms with Gasteiger partial charge in [-0.1, -0.05) is 6.07 Å². The molecule has 1 amide bonds. The van der Waals surface area contributed by atoms with Gasteiger partial charge in [-0.15, -0.1) is 12.4 Å². The van der Waals surface area contributed by atoms with Gasteiger partial charge >= 0.3 is 0 Å². The lowest BCUT2D eigenvalue weighted by Crippen LogP contribution is -2.35. The summed E-state index contributed by atoms with van der Waals surface area (Å²) in [5.74, 6) is 0.0936. The first-order valence-corrected chi connectivity index (χ1v) is 7.22. The maximum atomic E-state index is 12.1. The van der Waals surface area contributed by atoms with Gasteiger partial charge in [-0.2, -0.15) is 0 Å². The van der Waals surface area contributed by atoms with Crippen molar-refractivity contribution in [2.45, 2.75) is 31.7 Å². The summed E-state index contributed by atoms with van der Waals surface area (Å²) in [6.45, 7) is 3.20. The third kappa shape index (κ3) is 3.44. The standard InChI is InChI=1S/C15H21N3O.ClH/c19-15(14-7-4-8-16-14)17-12-5-3-6-13(11-12)18-9-1-2-10-18;/h3,5-6,11,14,16H,1-2,4,7-10H2,(H,17,19);1H. The summed E-state index contributed by atoms with van der Waals surface area (Å²) >= 11 is 0. The second-order valence-electron chi connectivity index (χ2n) is 5.38. The van der Waals surface area contributed by atoms with Crippen molar-refractivity contribution in [1.29, 1.82) is 0 Å². The molecule has 2 aliphatic rings. The molecule has 0 radical (unpaired) electrons. The van der Waals surface area contributed by atoms with E-state index in [1.54, 1.807) is 0 Å². The Morgan fingerprint density at radius 2 is 2.05 bits per heavy atom. The number of nitrogens with zero attached hydrogens (tertiary/aromatic N) is 1. The van der Waals surface area contributed by atoms with Crippen LogP contribution in [0.3, 0.4) is 0 Å². The average Bonchev–Trinajstić information content (AvgIpc) is 3.13. The number of amides is 1. The summed E-state index contributed by atoms with van der Waals surface area (Å²) in [5.41, 5.74) is 2.12. The highest BCUT2D eigenvalue weighted by Gasteiger charge is 2.22. The molecule has 2 aliphatic heterocycles. The molecule has 0 aliphatic carbocycles. The zero-order valence-corrected chi connectivity index (χ0v) is 12.4. The normalized spacial score (nSPS) is 21.6. The van der Waals surface area contributed by atoms with E-state index in [2.05, 4.69) is 27.7 Å². The molecule has 4 nitrogen and oxygen atoms in total. The van der Waals surface area contributed by atoms with Crippen molar-refractivity contribution >= 4 is 29.7 Å². The summed E-state index contributed by atoms with van der Waals surface area (Å²) in [6, 6.07) is 8.17. The van der Waals surface area contributed by atoms with Crippen molar-refractivity contribution in [3.05, 3.63) is 24.3 Å². The fourth-order valence-electron chi connectivity index (χ4n) is 2.89. The molecule has 2 heterocycles. The monoisotopic (exact) mass is 295 g/mol. The highest BCUT2D eigenvalue weighted by molar-refractivity contribution is 5.95. The topological polar surface area (TPSA) is 44.4 Å². The summed E-state index contributed by atoms with van der Waals surface area (Å²) in [5, 5.41) is 6.24. The van der Waals surface area contributed by atoms with Crippen LogP contribution >= 0.6 is 12.4 Å². The molecule has 1 aromatic carbocycles. The van der Waals surface area contributed by atoms with Crippen LogP contribution in [0.15, 0.2) is 24.3 Å². The quantitative estimate of drug-likeness (QED) is 0.900. The number of hydrogen-bond donors (Lipinski definition) is 2. The highest BCUT2D eigenvalue weighted by Crippen LogP contribution is 2.23. The van der Waals surface area contributed by atoms with Crippen LogP contribution in [0.5, 0.6) is 0 Å². The van der Waals surface area contributed by atoms with Crippen molar-refractivity contribution in [2.24, 2.45) is 0 Å². The Morgan fingerprint density at radius 1 is 1.25 bits per heavy atom. The van der Waals surface area contributed by atoms with Gasteiger partial charge < -0.3 is 15.5 Å². The SMILES string of the molecule is Cl.O=C(Nc1cccc(N2CCCC2)c1)C1CCCN1. The largest absolute Gasteiger partial charge is 0.371 e. The Hall–Kier alpha value is -1.26. The number of benzene rings is 1. The predicted octanol–water partition coefficient (Wildman–Crippen LogP) is 2.40. The van der Waals surface area contributed by atoms with Gasteiger partial charge in [0.05, 0.1) is 6.04 Å². The van der Waals surface area contributed by atoms with Crippen molar-refractivity contribution in [3.8, 4) is 0 Å². The summed E-state index contributed by atoms with van der Waals surface area (Å²) in [6.07, 6.45) is 4.56. The Labute approximate surface area is 126 Å². The zero-order chi connectivity index (χ0) is 13.1. The zero-order valence-electron chi connectivity index (χ0n) is 11.6. The summed E-state index contributed by atoms with van der Waals surface area (Å²) < 4.78 is 0. The molecule has 2 N–H and O–H groups in total. The molecule has 0 aromatic heterocycles. The molecule has 5 heteroatoms. The van der Waals surface area contributed by atoms with Crippen molar-refractivity contribution in [2.75, 3.05) is 29.9 Å². The van der Waals surface area contributed by atoms with Crippen molar-refractivity contribution < 1.29 is 4.79 Å². The van der Waals surface area contributed by atoms with Gasteiger partial charge in [0, 0.05) is 24.5 Å². The molecule has 110 valence electrons. The Kier molecular flexibility index (Phi) is 5.26. The first kappa shape index (κ1) is 15.1. The van der Waals surface area contributed by atoms with E-state index in [4.69, 9.17) is 0 Å². The Bertz CT molecular complexity index is 454. The fourth-order valence-corrected chi connectivity index (χ4v) is 2.89. The number of halogens is 1. The van der Waals surface area contributed by atoms with E-state index >= 15 is 0 Å². The van der Waals surface area contributed by atoms with Gasteiger partial charge in [0.25, 0.3) is 0 Å². The molecule has 3 rings (SSSR count). The molecular formula is C15H22ClN3O. The molecule has 0 bridgehead atoms. The van der Waals surface area contributed by atoms with Crippen LogP contribution in [-0.2, 0) is 4.79 Å². The summed E-state index contributed by atoms with van der Waals surface area (Å²) in [4.78, 5) is 14.4. The Balaban J connectivity index is 0.00000147. The van der Waals surface area contributed by atoms with Gasteiger partial charge in [-0.3, -0.25) is 4.79 Å². The van der Waals surface area contributed by atoms with Gasteiger partial charge in [0.15, 0.2) is 0 Å². The van der Waals surface area contributed by atoms with Crippen molar-refractivity contribution in [1.82, 2.24) is 5.32 Å². The molecule has 0 spiro atoms. The van der Waals surface area contributed by atoms with Crippen LogP contribution < -0.4 is 15.5 Å². The minimum atomic E-state index is -0.0181. The van der Waals surface area contributed by atoms with Crippen LogP contribution in [0.2, 0.25) is 0 Å². The molecular weight excluding hydrogens is 274 g/mol. The number of hydrogen-bond acceptors (Lipinski definition) is 3. The van der Waals surface area contributed by atoms with Gasteiger partial charge in [0.2, 0.25) is 5.91 Å². The molecule has 2 saturated heterocycles. The molecule has 1 atom stereocenters. The smallest absolute Gasteiger partial charge is 0.241 e. The highest BCUT2D eigenvalue weighted by atomic mass is 35.5. The van der Waals surface area contributed by atoms with E-state index in [0.29, 0.717) is 0 Å². The van der Waals surface area contributed by atoms with E-state index in [9.17, 15) is 4.79 Å². The molecule has 1 aromatic rings. The number of anilines is 2. The van der Waals surface area contributed by atoms with Crippen LogP contribution in [0.1, 0.15) is 25.7 Å². The number of carbonyl (C=O) groups excluding carboxylic acids is 1. The van der Waals surface area contributed by atoms with E-state index in [0.717, 1.165) is 38.2 Å². The Morgan fingerprint density at radius 3 is 2.75 bits per heavy atom. The lowest BCUT2D eigenvalue weighted by molar-refractivity contribution is -0.117. The summed E-state index contributed by atoms with van der Waals surface area (Å²) in [7, 11) is 0. The molecule has 20 heavy (non-hydrogen) atoms. The minimum Gasteiger partial charge on any atom is -0.371 e. The minimum absolute atomic E-state index is 0. The van der Waals surface area contributed by atoms with E-state index in [-0.39, 0.29) is 24.4 Å². The maximum absolute atomic E-state index is 12.1. The first-order valence-electron chi connectivity index (χ1n) is 7.22. The second-order valence-corrected chi connectivity index (χ2v) is 5.38.